The molecule has 0 saturated heterocycles. The summed E-state index contributed by atoms with van der Waals surface area (Å²) >= 11 is 9.91. The van der Waals surface area contributed by atoms with Gasteiger partial charge in [-0.2, -0.15) is 0 Å². The predicted octanol–water partition coefficient (Wildman–Crippen LogP) is 5.00. The fraction of sp³-hybridized carbons (Fsp3) is 0. The van der Waals surface area contributed by atoms with Crippen molar-refractivity contribution in [1.29, 1.82) is 0 Å². The van der Waals surface area contributed by atoms with E-state index in [-0.39, 0.29) is 21.6 Å². The van der Waals surface area contributed by atoms with E-state index in [0.29, 0.717) is 4.32 Å². The zero-order chi connectivity index (χ0) is 20.3. The number of hydrogen-bond donors (Lipinski definition) is 0. The van der Waals surface area contributed by atoms with Gasteiger partial charge in [-0.05, 0) is 24.3 Å². The van der Waals surface area contributed by atoms with Gasteiger partial charge in [0.15, 0.2) is 0 Å². The van der Waals surface area contributed by atoms with Crippen LogP contribution in [-0.4, -0.2) is 25.9 Å². The van der Waals surface area contributed by atoms with Crippen LogP contribution in [0.1, 0.15) is 0 Å². The van der Waals surface area contributed by atoms with Gasteiger partial charge in [-0.15, -0.1) is 0 Å². The third-order valence-electron chi connectivity index (χ3n) is 3.98. The molecule has 1 radical (unpaired) electrons. The first-order valence-corrected chi connectivity index (χ1v) is 12.5. The minimum atomic E-state index is -0.335. The Hall–Kier alpha value is -2.19. The van der Waals surface area contributed by atoms with Crippen molar-refractivity contribution >= 4 is 69.2 Å². The zero-order valence-corrected chi connectivity index (χ0v) is 19.9. The molecule has 143 valence electrons. The molecule has 0 saturated carbocycles. The van der Waals surface area contributed by atoms with Gasteiger partial charge >= 0.3 is 89.3 Å². The Morgan fingerprint density at radius 2 is 0.862 bits per heavy atom. The van der Waals surface area contributed by atoms with Crippen LogP contribution in [0.4, 0.5) is 11.4 Å². The van der Waals surface area contributed by atoms with Crippen molar-refractivity contribution in [1.82, 2.24) is 0 Å². The van der Waals surface area contributed by atoms with Crippen molar-refractivity contribution < 1.29 is 0 Å². The number of benzene rings is 4. The maximum atomic E-state index is 5.12. The molecule has 0 N–H and O–H groups in total. The number of hydrogen-bond acceptors (Lipinski definition) is 2. The van der Waals surface area contributed by atoms with Crippen molar-refractivity contribution in [2.75, 3.05) is 4.90 Å². The Labute approximate surface area is 194 Å². The number of anilines is 2. The van der Waals surface area contributed by atoms with Gasteiger partial charge in [0.25, 0.3) is 0 Å². The Morgan fingerprint density at radius 1 is 0.552 bits per heavy atom. The van der Waals surface area contributed by atoms with Crippen LogP contribution in [0.5, 0.6) is 0 Å². The van der Waals surface area contributed by atoms with Gasteiger partial charge in [0, 0.05) is 11.4 Å². The van der Waals surface area contributed by atoms with Crippen LogP contribution in [0.25, 0.3) is 0 Å². The molecule has 0 aliphatic heterocycles. The molecule has 0 spiro atoms. The van der Waals surface area contributed by atoms with E-state index in [9.17, 15) is 0 Å². The average molecular weight is 520 g/mol. The van der Waals surface area contributed by atoms with Crippen molar-refractivity contribution in [3.63, 3.8) is 0 Å². The van der Waals surface area contributed by atoms with E-state index in [1.54, 1.807) is 0 Å². The summed E-state index contributed by atoms with van der Waals surface area (Å²) in [5.41, 5.74) is 1.99. The normalized spacial score (nSPS) is 9.79. The van der Waals surface area contributed by atoms with Gasteiger partial charge < -0.3 is 29.7 Å². The van der Waals surface area contributed by atoms with E-state index < -0.39 is 0 Å². The molecule has 1 nitrogen and oxygen atoms in total. The Morgan fingerprint density at radius 3 is 1.17 bits per heavy atom. The van der Waals surface area contributed by atoms with Crippen molar-refractivity contribution in [3.8, 4) is 0 Å². The molecule has 4 rings (SSSR count). The first-order chi connectivity index (χ1) is 14.2. The zero-order valence-electron chi connectivity index (χ0n) is 15.8. The van der Waals surface area contributed by atoms with E-state index in [1.165, 1.54) is 7.02 Å². The Balaban J connectivity index is 0.000000169. The molecule has 4 heteroatoms. The SMILES string of the molecule is S=C([S-])N(c1ccccc1)c1ccccc1.c1cc[c]([Sb][c]2ccccc2)cc1. The monoisotopic (exact) mass is 519 g/mol. The number of rotatable bonds is 4. The van der Waals surface area contributed by atoms with Crippen LogP contribution in [0.15, 0.2) is 121 Å². The molecule has 0 atom stereocenters. The molecule has 0 unspecified atom stereocenters. The van der Waals surface area contributed by atoms with Crippen molar-refractivity contribution in [2.24, 2.45) is 0 Å². The summed E-state index contributed by atoms with van der Waals surface area (Å²) in [4.78, 5) is 1.88. The van der Waals surface area contributed by atoms with Crippen LogP contribution in [-0.2, 0) is 12.6 Å². The molecule has 0 bridgehead atoms. The number of para-hydroxylation sites is 2. The third kappa shape index (κ3) is 6.97. The molecular weight excluding hydrogens is 500 g/mol. The van der Waals surface area contributed by atoms with E-state index in [4.69, 9.17) is 24.8 Å². The standard InChI is InChI=1S/C13H11NS2.2C6H5.Sb/c15-13(16)14(11-7-3-1-4-8-11)12-9-5-2-6-10-12;2*1-2-4-6-5-3-1;/h1-10H,(H,15,16);2*1-5H;/p-1. The molecular formula is C25H20NS2Sb-. The summed E-state index contributed by atoms with van der Waals surface area (Å²) in [6, 6.07) is 41.3. The van der Waals surface area contributed by atoms with Gasteiger partial charge in [-0.1, -0.05) is 40.7 Å². The van der Waals surface area contributed by atoms with Crippen LogP contribution in [0.2, 0.25) is 0 Å². The van der Waals surface area contributed by atoms with Gasteiger partial charge in [0.2, 0.25) is 0 Å². The van der Waals surface area contributed by atoms with Crippen LogP contribution < -0.4 is 11.9 Å². The fourth-order valence-electron chi connectivity index (χ4n) is 2.67. The quantitative estimate of drug-likeness (QED) is 0.212. The molecule has 0 fully saturated rings. The second kappa shape index (κ2) is 11.7. The summed E-state index contributed by atoms with van der Waals surface area (Å²) in [5.74, 6) is 0. The van der Waals surface area contributed by atoms with Gasteiger partial charge in [-0.3, -0.25) is 0 Å². The minimum absolute atomic E-state index is 0.335. The third-order valence-corrected chi connectivity index (χ3v) is 7.52. The second-order valence-corrected chi connectivity index (χ2v) is 10.7. The van der Waals surface area contributed by atoms with E-state index >= 15 is 0 Å². The second-order valence-electron chi connectivity index (χ2n) is 6.06. The van der Waals surface area contributed by atoms with Crippen molar-refractivity contribution in [3.05, 3.63) is 121 Å². The molecule has 0 heterocycles. The summed E-state index contributed by atoms with van der Waals surface area (Å²) in [6.45, 7) is 0. The molecule has 4 aromatic carbocycles. The topological polar surface area (TPSA) is 3.24 Å². The van der Waals surface area contributed by atoms with E-state index in [2.05, 4.69) is 60.7 Å². The fourth-order valence-corrected chi connectivity index (χ4v) is 5.77. The van der Waals surface area contributed by atoms with Crippen LogP contribution in [0, 0.1) is 0 Å². The number of thiocarbonyl (C=S) groups is 1. The molecule has 0 amide bonds. The molecule has 0 aromatic heterocycles. The summed E-state index contributed by atoms with van der Waals surface area (Å²) < 4.78 is 3.47. The maximum absolute atomic E-state index is 5.12. The van der Waals surface area contributed by atoms with E-state index in [1.807, 2.05) is 65.6 Å². The first kappa shape index (κ1) is 21.5. The molecule has 0 aliphatic carbocycles. The predicted molar refractivity (Wildman–Crippen MR) is 133 cm³/mol. The average Bonchev–Trinajstić information content (AvgIpc) is 2.77. The van der Waals surface area contributed by atoms with Gasteiger partial charge in [0.1, 0.15) is 0 Å². The number of nitrogens with zero attached hydrogens (tertiary/aromatic N) is 1. The van der Waals surface area contributed by atoms with Crippen molar-refractivity contribution in [2.45, 2.75) is 0 Å². The van der Waals surface area contributed by atoms with Crippen LogP contribution in [0.3, 0.4) is 0 Å². The Kier molecular flexibility index (Phi) is 8.70. The van der Waals surface area contributed by atoms with E-state index in [0.717, 1.165) is 11.4 Å². The Bertz CT molecular complexity index is 917. The summed E-state index contributed by atoms with van der Waals surface area (Å²) in [6.07, 6.45) is 0. The van der Waals surface area contributed by atoms with Crippen LogP contribution >= 0.6 is 12.2 Å². The van der Waals surface area contributed by atoms with Gasteiger partial charge in [-0.25, -0.2) is 0 Å². The molecule has 0 aliphatic rings. The van der Waals surface area contributed by atoms with Gasteiger partial charge in [0.05, 0.1) is 0 Å². The molecule has 29 heavy (non-hydrogen) atoms. The molecule has 4 aromatic rings. The summed E-state index contributed by atoms with van der Waals surface area (Å²) in [7, 11) is 0. The summed E-state index contributed by atoms with van der Waals surface area (Å²) in [5, 5.41) is 0. The first-order valence-electron chi connectivity index (χ1n) is 9.17.